The van der Waals surface area contributed by atoms with Gasteiger partial charge in [0.1, 0.15) is 12.1 Å². The lowest BCUT2D eigenvalue weighted by Crippen LogP contribution is -2.60. The van der Waals surface area contributed by atoms with E-state index < -0.39 is 18.1 Å². The van der Waals surface area contributed by atoms with Crippen LogP contribution < -0.4 is 5.32 Å². The zero-order valence-electron chi connectivity index (χ0n) is 12.1. The number of carboxylic acid groups (broad SMARTS) is 1. The van der Waals surface area contributed by atoms with Crippen molar-refractivity contribution in [2.45, 2.75) is 38.3 Å². The summed E-state index contributed by atoms with van der Waals surface area (Å²) in [5, 5.41) is 12.2. The third kappa shape index (κ3) is 2.24. The Morgan fingerprint density at radius 2 is 2.05 bits per heavy atom. The highest BCUT2D eigenvalue weighted by atomic mass is 16.4. The van der Waals surface area contributed by atoms with Crippen molar-refractivity contribution in [1.82, 2.24) is 15.1 Å². The van der Waals surface area contributed by atoms with Crippen LogP contribution in [0.5, 0.6) is 0 Å². The Hall–Kier alpha value is -1.79. The third-order valence-corrected chi connectivity index (χ3v) is 5.13. The number of carbonyl (C=O) groups is 3. The number of urea groups is 1. The molecule has 1 saturated carbocycles. The van der Waals surface area contributed by atoms with E-state index in [1.807, 2.05) is 0 Å². The van der Waals surface area contributed by atoms with Gasteiger partial charge < -0.3 is 20.2 Å². The third-order valence-electron chi connectivity index (χ3n) is 5.13. The molecule has 21 heavy (non-hydrogen) atoms. The van der Waals surface area contributed by atoms with E-state index in [0.29, 0.717) is 25.6 Å². The van der Waals surface area contributed by atoms with Crippen LogP contribution in [-0.2, 0) is 9.59 Å². The van der Waals surface area contributed by atoms with Gasteiger partial charge in [0.05, 0.1) is 0 Å². The molecule has 3 fully saturated rings. The number of amides is 3. The zero-order chi connectivity index (χ0) is 15.1. The van der Waals surface area contributed by atoms with Gasteiger partial charge in [-0.2, -0.15) is 0 Å². The van der Waals surface area contributed by atoms with Crippen molar-refractivity contribution in [3.8, 4) is 0 Å². The molecule has 0 aromatic rings. The lowest BCUT2D eigenvalue weighted by Gasteiger charge is -2.37. The standard InChI is InChI=1S/C14H21N3O4/c1-8-12(18)15-5-6-16(8)14(21)17-7-9-3-2-4-10(9)11(17)13(19)20/h8-11H,2-7H2,1H3,(H,15,18)(H,19,20). The molecule has 0 aromatic carbocycles. The van der Waals surface area contributed by atoms with Crippen LogP contribution in [0.4, 0.5) is 4.79 Å². The number of piperazine rings is 1. The van der Waals surface area contributed by atoms with Gasteiger partial charge in [0.15, 0.2) is 0 Å². The highest BCUT2D eigenvalue weighted by molar-refractivity contribution is 5.90. The maximum absolute atomic E-state index is 12.7. The van der Waals surface area contributed by atoms with Crippen LogP contribution in [0.3, 0.4) is 0 Å². The van der Waals surface area contributed by atoms with E-state index in [-0.39, 0.29) is 17.9 Å². The predicted molar refractivity (Wildman–Crippen MR) is 73.5 cm³/mol. The topological polar surface area (TPSA) is 90.0 Å². The maximum Gasteiger partial charge on any atom is 0.326 e. The average Bonchev–Trinajstić information content (AvgIpc) is 3.00. The summed E-state index contributed by atoms with van der Waals surface area (Å²) in [6, 6.07) is -1.58. The Bertz CT molecular complexity index is 481. The number of carbonyl (C=O) groups excluding carboxylic acids is 2. The summed E-state index contributed by atoms with van der Waals surface area (Å²) in [6.07, 6.45) is 2.92. The summed E-state index contributed by atoms with van der Waals surface area (Å²) >= 11 is 0. The number of carboxylic acids is 1. The van der Waals surface area contributed by atoms with E-state index in [2.05, 4.69) is 5.32 Å². The van der Waals surface area contributed by atoms with Crippen molar-refractivity contribution in [2.24, 2.45) is 11.8 Å². The molecule has 2 heterocycles. The molecule has 3 aliphatic rings. The minimum absolute atomic E-state index is 0.0698. The molecule has 2 saturated heterocycles. The molecule has 4 atom stereocenters. The Balaban J connectivity index is 1.80. The smallest absolute Gasteiger partial charge is 0.326 e. The Kier molecular flexibility index (Phi) is 3.51. The van der Waals surface area contributed by atoms with Crippen LogP contribution in [0.25, 0.3) is 0 Å². The van der Waals surface area contributed by atoms with Gasteiger partial charge in [0.25, 0.3) is 0 Å². The van der Waals surface area contributed by atoms with Gasteiger partial charge in [-0.1, -0.05) is 6.42 Å². The molecule has 2 aliphatic heterocycles. The van der Waals surface area contributed by atoms with E-state index in [0.717, 1.165) is 19.3 Å². The second-order valence-corrected chi connectivity index (χ2v) is 6.23. The Labute approximate surface area is 123 Å². The van der Waals surface area contributed by atoms with Crippen LogP contribution in [-0.4, -0.2) is 64.5 Å². The molecule has 7 heteroatoms. The molecule has 4 unspecified atom stereocenters. The summed E-state index contributed by atoms with van der Waals surface area (Å²) in [5.41, 5.74) is 0. The van der Waals surface area contributed by atoms with Crippen molar-refractivity contribution in [3.05, 3.63) is 0 Å². The first kappa shape index (κ1) is 14.2. The van der Waals surface area contributed by atoms with Crippen LogP contribution >= 0.6 is 0 Å². The predicted octanol–water partition coefficient (Wildman–Crippen LogP) is 0.112. The fourth-order valence-corrected chi connectivity index (χ4v) is 4.03. The molecule has 3 amide bonds. The van der Waals surface area contributed by atoms with Crippen molar-refractivity contribution in [1.29, 1.82) is 0 Å². The highest BCUT2D eigenvalue weighted by Crippen LogP contribution is 2.42. The molecule has 7 nitrogen and oxygen atoms in total. The van der Waals surface area contributed by atoms with Crippen molar-refractivity contribution in [2.75, 3.05) is 19.6 Å². The Morgan fingerprint density at radius 3 is 2.76 bits per heavy atom. The summed E-state index contributed by atoms with van der Waals surface area (Å²) in [5.74, 6) is -0.739. The molecule has 0 bridgehead atoms. The highest BCUT2D eigenvalue weighted by Gasteiger charge is 2.51. The number of fused-ring (bicyclic) bond motifs is 1. The maximum atomic E-state index is 12.7. The fraction of sp³-hybridized carbons (Fsp3) is 0.786. The van der Waals surface area contributed by atoms with E-state index in [1.165, 1.54) is 9.80 Å². The monoisotopic (exact) mass is 295 g/mol. The van der Waals surface area contributed by atoms with Crippen LogP contribution in [0.1, 0.15) is 26.2 Å². The lowest BCUT2D eigenvalue weighted by atomic mass is 9.94. The number of nitrogens with one attached hydrogen (secondary N) is 1. The van der Waals surface area contributed by atoms with Gasteiger partial charge in [0, 0.05) is 19.6 Å². The fourth-order valence-electron chi connectivity index (χ4n) is 4.03. The molecular weight excluding hydrogens is 274 g/mol. The van der Waals surface area contributed by atoms with Gasteiger partial charge in [0.2, 0.25) is 5.91 Å². The van der Waals surface area contributed by atoms with E-state index in [9.17, 15) is 19.5 Å². The quantitative estimate of drug-likeness (QED) is 0.718. The first-order valence-electron chi connectivity index (χ1n) is 7.58. The lowest BCUT2D eigenvalue weighted by molar-refractivity contribution is -0.142. The minimum atomic E-state index is -0.924. The summed E-state index contributed by atoms with van der Waals surface area (Å²) in [7, 11) is 0. The molecule has 116 valence electrons. The second kappa shape index (κ2) is 5.20. The first-order chi connectivity index (χ1) is 10.0. The summed E-state index contributed by atoms with van der Waals surface area (Å²) in [4.78, 5) is 39.0. The van der Waals surface area contributed by atoms with E-state index in [1.54, 1.807) is 6.92 Å². The van der Waals surface area contributed by atoms with Crippen molar-refractivity contribution < 1.29 is 19.5 Å². The summed E-state index contributed by atoms with van der Waals surface area (Å²) in [6.45, 7) is 3.04. The molecule has 1 aliphatic carbocycles. The summed E-state index contributed by atoms with van der Waals surface area (Å²) < 4.78 is 0. The first-order valence-corrected chi connectivity index (χ1v) is 7.58. The van der Waals surface area contributed by atoms with Gasteiger partial charge >= 0.3 is 12.0 Å². The molecular formula is C14H21N3O4. The van der Waals surface area contributed by atoms with E-state index >= 15 is 0 Å². The molecule has 2 N–H and O–H groups in total. The van der Waals surface area contributed by atoms with Gasteiger partial charge in [-0.15, -0.1) is 0 Å². The molecule has 0 aromatic heterocycles. The number of aliphatic carboxylic acids is 1. The average molecular weight is 295 g/mol. The second-order valence-electron chi connectivity index (χ2n) is 6.23. The number of hydrogen-bond acceptors (Lipinski definition) is 3. The van der Waals surface area contributed by atoms with Gasteiger partial charge in [-0.25, -0.2) is 9.59 Å². The SMILES string of the molecule is CC1C(=O)NCCN1C(=O)N1CC2CCCC2C1C(=O)O. The number of nitrogens with zero attached hydrogens (tertiary/aromatic N) is 2. The molecule has 0 radical (unpaired) electrons. The van der Waals surface area contributed by atoms with Crippen LogP contribution in [0, 0.1) is 11.8 Å². The molecule has 3 rings (SSSR count). The van der Waals surface area contributed by atoms with Gasteiger partial charge in [-0.3, -0.25) is 4.79 Å². The minimum Gasteiger partial charge on any atom is -0.480 e. The van der Waals surface area contributed by atoms with Gasteiger partial charge in [-0.05, 0) is 31.6 Å². The number of rotatable bonds is 1. The Morgan fingerprint density at radius 1 is 1.29 bits per heavy atom. The van der Waals surface area contributed by atoms with Crippen LogP contribution in [0.15, 0.2) is 0 Å². The largest absolute Gasteiger partial charge is 0.480 e. The van der Waals surface area contributed by atoms with Crippen molar-refractivity contribution in [3.63, 3.8) is 0 Å². The molecule has 0 spiro atoms. The van der Waals surface area contributed by atoms with Crippen molar-refractivity contribution >= 4 is 17.9 Å². The normalized spacial score (nSPS) is 35.6. The number of hydrogen-bond donors (Lipinski definition) is 2. The van der Waals surface area contributed by atoms with E-state index in [4.69, 9.17) is 0 Å². The van der Waals surface area contributed by atoms with Crippen LogP contribution in [0.2, 0.25) is 0 Å². The number of likely N-dealkylation sites (tertiary alicyclic amines) is 1. The zero-order valence-corrected chi connectivity index (χ0v) is 12.1.